The van der Waals surface area contributed by atoms with Crippen molar-refractivity contribution in [3.8, 4) is 0 Å². The molecule has 1 aromatic carbocycles. The van der Waals surface area contributed by atoms with Crippen LogP contribution >= 0.6 is 0 Å². The van der Waals surface area contributed by atoms with Crippen LogP contribution in [0.1, 0.15) is 42.1 Å². The molecular weight excluding hydrogens is 363 g/mol. The van der Waals surface area contributed by atoms with Crippen LogP contribution in [0.15, 0.2) is 24.3 Å². The topological polar surface area (TPSA) is 101 Å². The molecule has 2 amide bonds. The van der Waals surface area contributed by atoms with Gasteiger partial charge in [-0.2, -0.15) is 13.2 Å². The highest BCUT2D eigenvalue weighted by Gasteiger charge is 2.33. The molecule has 3 atom stereocenters. The fraction of sp³-hybridized carbons (Fsp3) is 0.500. The second-order valence-corrected chi connectivity index (χ2v) is 6.73. The number of hydrogen-bond acceptors (Lipinski definition) is 4. The number of Topliss-reactive ketones (excluding diaryl/α,β-unsaturated/α-hetero) is 1. The highest BCUT2D eigenvalue weighted by molar-refractivity contribution is 5.96. The summed E-state index contributed by atoms with van der Waals surface area (Å²) in [6.45, 7) is 1.04. The minimum Gasteiger partial charge on any atom is -0.351 e. The van der Waals surface area contributed by atoms with Crippen LogP contribution in [-0.4, -0.2) is 36.2 Å². The number of ketones is 1. The van der Waals surface area contributed by atoms with Crippen LogP contribution in [0.4, 0.5) is 13.2 Å². The molecule has 1 aliphatic carbocycles. The van der Waals surface area contributed by atoms with Gasteiger partial charge in [0.25, 0.3) is 5.91 Å². The smallest absolute Gasteiger partial charge is 0.351 e. The number of nitrogens with one attached hydrogen (secondary N) is 2. The first-order chi connectivity index (χ1) is 12.6. The lowest BCUT2D eigenvalue weighted by atomic mass is 9.80. The Morgan fingerprint density at radius 2 is 1.93 bits per heavy atom. The van der Waals surface area contributed by atoms with E-state index in [1.807, 2.05) is 0 Å². The zero-order chi connectivity index (χ0) is 20.2. The molecule has 0 saturated heterocycles. The van der Waals surface area contributed by atoms with Gasteiger partial charge in [-0.1, -0.05) is 6.07 Å². The predicted molar refractivity (Wildman–Crippen MR) is 91.7 cm³/mol. The van der Waals surface area contributed by atoms with Crippen molar-refractivity contribution in [3.63, 3.8) is 0 Å². The molecule has 9 heteroatoms. The zero-order valence-corrected chi connectivity index (χ0v) is 14.8. The van der Waals surface area contributed by atoms with Gasteiger partial charge in [-0.25, -0.2) is 0 Å². The Balaban J connectivity index is 1.91. The first kappa shape index (κ1) is 20.9. The van der Waals surface area contributed by atoms with Gasteiger partial charge in [-0.15, -0.1) is 0 Å². The summed E-state index contributed by atoms with van der Waals surface area (Å²) in [5, 5.41) is 5.00. The van der Waals surface area contributed by atoms with E-state index in [1.54, 1.807) is 0 Å². The van der Waals surface area contributed by atoms with Gasteiger partial charge >= 0.3 is 6.18 Å². The van der Waals surface area contributed by atoms with E-state index in [0.717, 1.165) is 18.2 Å². The van der Waals surface area contributed by atoms with Crippen molar-refractivity contribution >= 4 is 17.6 Å². The third kappa shape index (κ3) is 5.78. The number of alkyl halides is 3. The van der Waals surface area contributed by atoms with Crippen LogP contribution < -0.4 is 16.4 Å². The van der Waals surface area contributed by atoms with Gasteiger partial charge in [0, 0.05) is 23.6 Å². The largest absolute Gasteiger partial charge is 0.416 e. The van der Waals surface area contributed by atoms with Crippen molar-refractivity contribution in [1.82, 2.24) is 10.6 Å². The number of halogens is 3. The van der Waals surface area contributed by atoms with E-state index in [4.69, 9.17) is 5.73 Å². The highest BCUT2D eigenvalue weighted by Crippen LogP contribution is 2.29. The Labute approximate surface area is 154 Å². The molecule has 0 aliphatic heterocycles. The summed E-state index contributed by atoms with van der Waals surface area (Å²) in [6.07, 6.45) is -2.85. The monoisotopic (exact) mass is 385 g/mol. The van der Waals surface area contributed by atoms with Gasteiger partial charge in [0.15, 0.2) is 0 Å². The van der Waals surface area contributed by atoms with E-state index in [1.165, 1.54) is 13.0 Å². The van der Waals surface area contributed by atoms with E-state index in [-0.39, 0.29) is 29.3 Å². The molecule has 0 heterocycles. The molecule has 1 aliphatic rings. The van der Waals surface area contributed by atoms with Crippen LogP contribution in [0.25, 0.3) is 0 Å². The summed E-state index contributed by atoms with van der Waals surface area (Å²) < 4.78 is 38.1. The summed E-state index contributed by atoms with van der Waals surface area (Å²) in [5.74, 6) is -1.74. The van der Waals surface area contributed by atoms with Crippen molar-refractivity contribution in [2.24, 2.45) is 11.7 Å². The normalized spacial score (nSPS) is 22.8. The Hall–Kier alpha value is -2.42. The predicted octanol–water partition coefficient (Wildman–Crippen LogP) is 1.64. The van der Waals surface area contributed by atoms with Crippen molar-refractivity contribution in [3.05, 3.63) is 35.4 Å². The first-order valence-corrected chi connectivity index (χ1v) is 8.58. The van der Waals surface area contributed by atoms with Crippen LogP contribution in [0.3, 0.4) is 0 Å². The molecule has 4 N–H and O–H groups in total. The minimum absolute atomic E-state index is 0.0662. The molecule has 1 aromatic rings. The van der Waals surface area contributed by atoms with Gasteiger partial charge in [0.05, 0.1) is 12.1 Å². The number of carbonyl (C=O) groups is 3. The van der Waals surface area contributed by atoms with E-state index in [0.29, 0.717) is 19.3 Å². The second-order valence-electron chi connectivity index (χ2n) is 6.73. The first-order valence-electron chi connectivity index (χ1n) is 8.58. The highest BCUT2D eigenvalue weighted by atomic mass is 19.4. The summed E-state index contributed by atoms with van der Waals surface area (Å²) in [5.41, 5.74) is 4.73. The van der Waals surface area contributed by atoms with Crippen molar-refractivity contribution < 1.29 is 27.6 Å². The van der Waals surface area contributed by atoms with Crippen molar-refractivity contribution in [1.29, 1.82) is 0 Å². The third-order valence-corrected chi connectivity index (χ3v) is 4.62. The number of benzene rings is 1. The molecule has 1 fully saturated rings. The van der Waals surface area contributed by atoms with Gasteiger partial charge in [0.1, 0.15) is 5.78 Å². The number of amides is 2. The molecule has 0 aromatic heterocycles. The Morgan fingerprint density at radius 1 is 1.22 bits per heavy atom. The number of carbonyl (C=O) groups excluding carboxylic acids is 3. The lowest BCUT2D eigenvalue weighted by Gasteiger charge is -2.33. The maximum atomic E-state index is 12.7. The lowest BCUT2D eigenvalue weighted by molar-refractivity contribution is -0.137. The summed E-state index contributed by atoms with van der Waals surface area (Å²) in [6, 6.07) is 3.49. The summed E-state index contributed by atoms with van der Waals surface area (Å²) in [4.78, 5) is 35.8. The molecule has 0 unspecified atom stereocenters. The molecule has 0 spiro atoms. The van der Waals surface area contributed by atoms with E-state index in [2.05, 4.69) is 10.6 Å². The number of hydrogen-bond donors (Lipinski definition) is 3. The van der Waals surface area contributed by atoms with Crippen LogP contribution in [0.5, 0.6) is 0 Å². The molecule has 148 valence electrons. The average Bonchev–Trinajstić information content (AvgIpc) is 2.60. The fourth-order valence-corrected chi connectivity index (χ4v) is 3.18. The number of nitrogens with two attached hydrogens (primary N) is 1. The maximum Gasteiger partial charge on any atom is 0.416 e. The quantitative estimate of drug-likeness (QED) is 0.717. The van der Waals surface area contributed by atoms with E-state index >= 15 is 0 Å². The summed E-state index contributed by atoms with van der Waals surface area (Å²) >= 11 is 0. The van der Waals surface area contributed by atoms with E-state index in [9.17, 15) is 27.6 Å². The molecule has 0 bridgehead atoms. The molecule has 27 heavy (non-hydrogen) atoms. The van der Waals surface area contributed by atoms with Crippen LogP contribution in [-0.2, 0) is 15.8 Å². The van der Waals surface area contributed by atoms with Gasteiger partial charge in [-0.3, -0.25) is 14.4 Å². The Kier molecular flexibility index (Phi) is 6.59. The van der Waals surface area contributed by atoms with E-state index < -0.39 is 30.1 Å². The van der Waals surface area contributed by atoms with Gasteiger partial charge < -0.3 is 16.4 Å². The standard InChI is InChI=1S/C18H22F3N3O3/c1-10(25)14-8-13(22)5-6-15(14)24-16(26)9-23-17(27)11-3-2-4-12(7-11)18(19,20)21/h2-4,7,13-15H,5-6,8-9,22H2,1H3,(H,23,27)(H,24,26)/t13-,14+,15-/m1/s1. The Morgan fingerprint density at radius 3 is 2.56 bits per heavy atom. The molecular formula is C18H22F3N3O3. The molecule has 6 nitrogen and oxygen atoms in total. The van der Waals surface area contributed by atoms with Crippen LogP contribution in [0, 0.1) is 5.92 Å². The Bertz CT molecular complexity index is 721. The maximum absolute atomic E-state index is 12.7. The lowest BCUT2D eigenvalue weighted by Crippen LogP contribution is -2.50. The molecule has 0 radical (unpaired) electrons. The summed E-state index contributed by atoms with van der Waals surface area (Å²) in [7, 11) is 0. The molecule has 2 rings (SSSR count). The van der Waals surface area contributed by atoms with Crippen molar-refractivity contribution in [2.45, 2.75) is 44.4 Å². The number of rotatable bonds is 5. The second kappa shape index (κ2) is 8.51. The zero-order valence-electron chi connectivity index (χ0n) is 14.8. The SMILES string of the molecule is CC(=O)[C@@H]1C[C@H](N)CC[C@H]1NC(=O)CNC(=O)c1cccc(C(F)(F)F)c1. The minimum atomic E-state index is -4.56. The van der Waals surface area contributed by atoms with Gasteiger partial charge in [0.2, 0.25) is 5.91 Å². The van der Waals surface area contributed by atoms with Crippen molar-refractivity contribution in [2.75, 3.05) is 6.54 Å². The third-order valence-electron chi connectivity index (χ3n) is 4.62. The van der Waals surface area contributed by atoms with Gasteiger partial charge in [-0.05, 0) is 44.4 Å². The average molecular weight is 385 g/mol. The molecule has 1 saturated carbocycles. The van der Waals surface area contributed by atoms with Crippen LogP contribution in [0.2, 0.25) is 0 Å². The fourth-order valence-electron chi connectivity index (χ4n) is 3.18.